The van der Waals surface area contributed by atoms with E-state index in [1.54, 1.807) is 0 Å². The van der Waals surface area contributed by atoms with Gasteiger partial charge in [0.15, 0.2) is 23.2 Å². The Kier molecular flexibility index (Phi) is 10.3. The molecule has 0 bridgehead atoms. The number of aliphatic carboxylic acids is 1. The van der Waals surface area contributed by atoms with Gasteiger partial charge in [0.2, 0.25) is 0 Å². The fourth-order valence-corrected chi connectivity index (χ4v) is 9.55. The number of carboxylic acid groups (broad SMARTS) is 1. The molecule has 0 saturated carbocycles. The van der Waals surface area contributed by atoms with E-state index in [2.05, 4.69) is 4.74 Å². The van der Waals surface area contributed by atoms with Crippen LogP contribution in [-0.2, 0) is 22.6 Å². The van der Waals surface area contributed by atoms with Crippen molar-refractivity contribution >= 4 is 37.9 Å². The molecule has 0 rings (SSSR count). The van der Waals surface area contributed by atoms with Gasteiger partial charge in [-0.1, -0.05) is 13.3 Å². The molecule has 6 nitrogen and oxygen atoms in total. The zero-order chi connectivity index (χ0) is 22.3. The van der Waals surface area contributed by atoms with Crippen LogP contribution in [0.25, 0.3) is 0 Å². The van der Waals surface area contributed by atoms with Crippen molar-refractivity contribution in [2.75, 3.05) is 6.61 Å². The van der Waals surface area contributed by atoms with E-state index in [9.17, 15) is 27.9 Å². The van der Waals surface area contributed by atoms with Gasteiger partial charge in [0.25, 0.3) is 0 Å². The van der Waals surface area contributed by atoms with E-state index in [0.717, 1.165) is 0 Å². The predicted molar refractivity (Wildman–Crippen MR) is 107 cm³/mol. The van der Waals surface area contributed by atoms with Crippen LogP contribution in [0.1, 0.15) is 26.2 Å². The van der Waals surface area contributed by atoms with Gasteiger partial charge < -0.3 is 18.1 Å². The number of carboxylic acids is 1. The van der Waals surface area contributed by atoms with Crippen LogP contribution in [0.5, 0.6) is 0 Å². The summed E-state index contributed by atoms with van der Waals surface area (Å²) in [7, 11) is -7.58. The number of unbranched alkanes of at least 4 members (excludes halogenated alkanes) is 1. The van der Waals surface area contributed by atoms with Gasteiger partial charge in [-0.25, -0.2) is 9.59 Å². The van der Waals surface area contributed by atoms with Crippen molar-refractivity contribution in [2.45, 2.75) is 71.6 Å². The van der Waals surface area contributed by atoms with E-state index in [1.807, 2.05) is 46.2 Å². The predicted octanol–water partition coefficient (Wildman–Crippen LogP) is 4.13. The summed E-state index contributed by atoms with van der Waals surface area (Å²) in [5, 5.41) is 9.46. The quantitative estimate of drug-likeness (QED) is 0.284. The van der Waals surface area contributed by atoms with Crippen molar-refractivity contribution in [2.24, 2.45) is 0 Å². The molecule has 0 fully saturated rings. The molecule has 0 radical (unpaired) electrons. The normalized spacial score (nSPS) is 14.1. The van der Waals surface area contributed by atoms with Gasteiger partial charge in [0, 0.05) is 5.57 Å². The molecule has 0 heterocycles. The summed E-state index contributed by atoms with van der Waals surface area (Å²) in [4.78, 5) is 24.4. The monoisotopic (exact) mass is 460 g/mol. The van der Waals surface area contributed by atoms with E-state index in [1.165, 1.54) is 0 Å². The third-order valence-corrected chi connectivity index (χ3v) is 11.5. The van der Waals surface area contributed by atoms with Crippen LogP contribution >= 0.6 is 0 Å². The maximum Gasteiger partial charge on any atom is 0.422 e. The second-order valence-corrected chi connectivity index (χ2v) is 19.9. The van der Waals surface area contributed by atoms with Crippen LogP contribution in [0.15, 0.2) is 10.8 Å². The number of alkyl halides is 3. The summed E-state index contributed by atoms with van der Waals surface area (Å²) < 4.78 is 53.8. The summed E-state index contributed by atoms with van der Waals surface area (Å²) >= 11 is 0. The Morgan fingerprint density at radius 3 is 1.79 bits per heavy atom. The Bertz CT molecular complexity index is 564. The Labute approximate surface area is 168 Å². The van der Waals surface area contributed by atoms with Gasteiger partial charge in [0.05, 0.1) is 5.20 Å². The lowest BCUT2D eigenvalue weighted by molar-refractivity contribution is -0.183. The van der Waals surface area contributed by atoms with Crippen molar-refractivity contribution < 1.29 is 40.8 Å². The number of hydrogen-bond acceptors (Lipinski definition) is 5. The number of carbonyl (C=O) groups excluding carboxylic acids is 1. The molecule has 0 amide bonds. The fraction of sp³-hybridized carbons (Fsp3) is 0.750. The van der Waals surface area contributed by atoms with Crippen LogP contribution < -0.4 is 0 Å². The van der Waals surface area contributed by atoms with Crippen LogP contribution in [0.2, 0.25) is 39.3 Å². The highest BCUT2D eigenvalue weighted by atomic mass is 28.4. The van der Waals surface area contributed by atoms with Gasteiger partial charge in [-0.2, -0.15) is 13.2 Å². The largest absolute Gasteiger partial charge is 0.478 e. The van der Waals surface area contributed by atoms with Crippen LogP contribution in [0.3, 0.4) is 0 Å². The van der Waals surface area contributed by atoms with Crippen molar-refractivity contribution in [1.29, 1.82) is 0 Å². The molecular formula is C16H31F3O6Si3. The molecule has 12 heteroatoms. The minimum absolute atomic E-state index is 0.0115. The third kappa shape index (κ3) is 11.8. The molecule has 0 aromatic carbocycles. The molecule has 0 atom stereocenters. The molecular weight excluding hydrogens is 429 g/mol. The minimum atomic E-state index is -4.70. The summed E-state index contributed by atoms with van der Waals surface area (Å²) in [5.41, 5.74) is -0.285. The molecule has 0 unspecified atom stereocenters. The topological polar surface area (TPSA) is 82.1 Å². The summed E-state index contributed by atoms with van der Waals surface area (Å²) in [6, 6.07) is 0. The minimum Gasteiger partial charge on any atom is -0.478 e. The van der Waals surface area contributed by atoms with Crippen molar-refractivity contribution in [3.05, 3.63) is 10.8 Å². The Morgan fingerprint density at radius 1 is 1.00 bits per heavy atom. The average molecular weight is 461 g/mol. The maximum absolute atomic E-state index is 12.5. The van der Waals surface area contributed by atoms with Crippen LogP contribution in [0.4, 0.5) is 13.2 Å². The molecule has 0 aliphatic rings. The lowest BCUT2D eigenvalue weighted by Crippen LogP contribution is -2.47. The second kappa shape index (κ2) is 10.7. The first-order valence-corrected chi connectivity index (χ1v) is 17.4. The zero-order valence-corrected chi connectivity index (χ0v) is 20.7. The second-order valence-electron chi connectivity index (χ2n) is 8.28. The van der Waals surface area contributed by atoms with E-state index < -0.39 is 50.6 Å². The number of rotatable bonds is 11. The van der Waals surface area contributed by atoms with Crippen molar-refractivity contribution in [1.82, 2.24) is 0 Å². The summed E-state index contributed by atoms with van der Waals surface area (Å²) in [5.74, 6) is -2.69. The molecule has 0 aromatic heterocycles. The first-order valence-electron chi connectivity index (χ1n) is 9.02. The highest BCUT2D eigenvalue weighted by Crippen LogP contribution is 2.24. The highest BCUT2D eigenvalue weighted by molar-refractivity contribution is 6.84. The van der Waals surface area contributed by atoms with Gasteiger partial charge >= 0.3 is 27.4 Å². The standard InChI is InChI=1S/C16H31F3O6Si3/c1-8-9-10-12(15(22)23-11-16(17,18)19)13(14(20)21)26(24-27(2,3)4)25-28(5,6)7/h26H,8-11H2,1-7H3,(H,20,21). The summed E-state index contributed by atoms with van der Waals surface area (Å²) in [6.07, 6.45) is -3.66. The maximum atomic E-state index is 12.5. The molecule has 0 aromatic rings. The van der Waals surface area contributed by atoms with Gasteiger partial charge in [-0.3, -0.25) is 0 Å². The molecule has 28 heavy (non-hydrogen) atoms. The number of esters is 1. The Morgan fingerprint density at radius 2 is 1.46 bits per heavy atom. The van der Waals surface area contributed by atoms with Gasteiger partial charge in [-0.15, -0.1) is 0 Å². The summed E-state index contributed by atoms with van der Waals surface area (Å²) in [6.45, 7) is 11.2. The first-order chi connectivity index (χ1) is 12.5. The SMILES string of the molecule is CCCCC(C(=O)OCC(F)(F)F)=C(C(=O)O)[SiH](O[Si](C)(C)C)O[Si](C)(C)C. The zero-order valence-electron chi connectivity index (χ0n) is 17.5. The van der Waals surface area contributed by atoms with E-state index in [4.69, 9.17) is 8.23 Å². The smallest absolute Gasteiger partial charge is 0.422 e. The fourth-order valence-electron chi connectivity index (χ4n) is 2.09. The number of hydrogen-bond donors (Lipinski definition) is 1. The first kappa shape index (κ1) is 27.0. The molecule has 0 aliphatic heterocycles. The average Bonchev–Trinajstić information content (AvgIpc) is 2.44. The van der Waals surface area contributed by atoms with Crippen molar-refractivity contribution in [3.8, 4) is 0 Å². The van der Waals surface area contributed by atoms with Crippen LogP contribution in [0, 0.1) is 0 Å². The van der Waals surface area contributed by atoms with Crippen molar-refractivity contribution in [3.63, 3.8) is 0 Å². The molecule has 0 saturated heterocycles. The number of ether oxygens (including phenoxy) is 1. The van der Waals surface area contributed by atoms with Gasteiger partial charge in [0.1, 0.15) is 0 Å². The lowest BCUT2D eigenvalue weighted by Gasteiger charge is -2.31. The Hall–Kier alpha value is -0.959. The number of carbonyl (C=O) groups is 2. The van der Waals surface area contributed by atoms with E-state index in [0.29, 0.717) is 12.8 Å². The lowest BCUT2D eigenvalue weighted by atomic mass is 10.1. The highest BCUT2D eigenvalue weighted by Gasteiger charge is 2.39. The van der Waals surface area contributed by atoms with E-state index in [-0.39, 0.29) is 17.2 Å². The van der Waals surface area contributed by atoms with Crippen LogP contribution in [-0.4, -0.2) is 55.7 Å². The molecule has 0 spiro atoms. The van der Waals surface area contributed by atoms with E-state index >= 15 is 0 Å². The third-order valence-electron chi connectivity index (χ3n) is 3.11. The Balaban J connectivity index is 6.23. The van der Waals surface area contributed by atoms with Gasteiger partial charge in [-0.05, 0) is 52.1 Å². The molecule has 1 N–H and O–H groups in total. The number of halogens is 3. The molecule has 164 valence electrons. The molecule has 0 aliphatic carbocycles.